The molecule has 106 valence electrons. The molecule has 0 spiro atoms. The van der Waals surface area contributed by atoms with Crippen LogP contribution in [0.2, 0.25) is 0 Å². The zero-order valence-corrected chi connectivity index (χ0v) is 12.3. The summed E-state index contributed by atoms with van der Waals surface area (Å²) in [5.41, 5.74) is 0.678. The maximum absolute atomic E-state index is 13.1. The molecule has 1 unspecified atom stereocenters. The third kappa shape index (κ3) is 3.68. The van der Waals surface area contributed by atoms with Gasteiger partial charge in [0.1, 0.15) is 5.82 Å². The Hall–Kier alpha value is -1.18. The van der Waals surface area contributed by atoms with Crippen LogP contribution < -0.4 is 5.32 Å². The minimum Gasteiger partial charge on any atom is -0.377 e. The molecular formula is C13H14FN3OS2. The van der Waals surface area contributed by atoms with E-state index in [1.165, 1.54) is 23.5 Å². The fourth-order valence-corrected chi connectivity index (χ4v) is 3.81. The molecule has 1 atom stereocenters. The predicted octanol–water partition coefficient (Wildman–Crippen LogP) is 3.69. The van der Waals surface area contributed by atoms with E-state index in [0.717, 1.165) is 29.5 Å². The number of hydrogen-bond acceptors (Lipinski definition) is 6. The van der Waals surface area contributed by atoms with E-state index in [9.17, 15) is 4.39 Å². The molecule has 1 N–H and O–H groups in total. The Labute approximate surface area is 124 Å². The Morgan fingerprint density at radius 3 is 3.20 bits per heavy atom. The second kappa shape index (κ2) is 6.51. The summed E-state index contributed by atoms with van der Waals surface area (Å²) >= 11 is 3.13. The zero-order chi connectivity index (χ0) is 13.8. The van der Waals surface area contributed by atoms with Gasteiger partial charge < -0.3 is 10.1 Å². The number of halogens is 1. The maximum Gasteiger partial charge on any atom is 0.210 e. The van der Waals surface area contributed by atoms with Crippen molar-refractivity contribution in [1.82, 2.24) is 10.2 Å². The van der Waals surface area contributed by atoms with Gasteiger partial charge in [-0.1, -0.05) is 29.2 Å². The van der Waals surface area contributed by atoms with Crippen molar-refractivity contribution in [3.63, 3.8) is 0 Å². The van der Waals surface area contributed by atoms with Crippen molar-refractivity contribution >= 4 is 33.9 Å². The number of ether oxygens (including phenoxy) is 1. The van der Waals surface area contributed by atoms with E-state index in [1.54, 1.807) is 23.9 Å². The van der Waals surface area contributed by atoms with Crippen molar-refractivity contribution in [2.45, 2.75) is 23.3 Å². The van der Waals surface area contributed by atoms with Gasteiger partial charge in [-0.15, -0.1) is 10.2 Å². The summed E-state index contributed by atoms with van der Waals surface area (Å²) in [6.45, 7) is 0.869. The van der Waals surface area contributed by atoms with E-state index in [0.29, 0.717) is 16.9 Å². The van der Waals surface area contributed by atoms with Gasteiger partial charge in [-0.3, -0.25) is 0 Å². The van der Waals surface area contributed by atoms with Crippen LogP contribution in [0.5, 0.6) is 0 Å². The van der Waals surface area contributed by atoms with Crippen LogP contribution >= 0.6 is 23.1 Å². The van der Waals surface area contributed by atoms with Crippen LogP contribution in [0.4, 0.5) is 15.2 Å². The maximum atomic E-state index is 13.1. The lowest BCUT2D eigenvalue weighted by Gasteiger charge is -2.05. The average molecular weight is 311 g/mol. The number of thioether (sulfide) groups is 1. The van der Waals surface area contributed by atoms with Crippen LogP contribution in [0, 0.1) is 5.82 Å². The van der Waals surface area contributed by atoms with E-state index in [1.807, 2.05) is 0 Å². The fourth-order valence-electron chi connectivity index (χ4n) is 1.95. The molecular weight excluding hydrogens is 297 g/mol. The van der Waals surface area contributed by atoms with Crippen LogP contribution in [-0.2, 0) is 4.74 Å². The summed E-state index contributed by atoms with van der Waals surface area (Å²) < 4.78 is 19.5. The molecule has 0 aliphatic carbocycles. The second-order valence-corrected chi connectivity index (χ2v) is 6.70. The lowest BCUT2D eigenvalue weighted by atomic mass is 10.3. The van der Waals surface area contributed by atoms with Crippen molar-refractivity contribution < 1.29 is 9.13 Å². The molecule has 1 fully saturated rings. The van der Waals surface area contributed by atoms with Crippen LogP contribution in [0.15, 0.2) is 28.6 Å². The minimum absolute atomic E-state index is 0.271. The number of aromatic nitrogens is 2. The number of anilines is 2. The smallest absolute Gasteiger partial charge is 0.210 e. The van der Waals surface area contributed by atoms with Gasteiger partial charge >= 0.3 is 0 Å². The largest absolute Gasteiger partial charge is 0.377 e. The highest BCUT2D eigenvalue weighted by atomic mass is 32.2. The van der Waals surface area contributed by atoms with E-state index in [-0.39, 0.29) is 5.82 Å². The topological polar surface area (TPSA) is 47.0 Å². The number of benzene rings is 1. The molecule has 1 aliphatic heterocycles. The van der Waals surface area contributed by atoms with Gasteiger partial charge in [0.05, 0.1) is 6.10 Å². The summed E-state index contributed by atoms with van der Waals surface area (Å²) in [4.78, 5) is 0. The molecule has 20 heavy (non-hydrogen) atoms. The van der Waals surface area contributed by atoms with E-state index in [2.05, 4.69) is 15.5 Å². The van der Waals surface area contributed by atoms with Crippen LogP contribution in [-0.4, -0.2) is 28.7 Å². The Morgan fingerprint density at radius 2 is 2.40 bits per heavy atom. The molecule has 1 aromatic heterocycles. The van der Waals surface area contributed by atoms with Crippen molar-refractivity contribution in [2.24, 2.45) is 0 Å². The minimum atomic E-state index is -0.271. The molecule has 3 rings (SSSR count). The van der Waals surface area contributed by atoms with Crippen molar-refractivity contribution in [3.05, 3.63) is 30.1 Å². The van der Waals surface area contributed by atoms with Gasteiger partial charge in [0.25, 0.3) is 0 Å². The van der Waals surface area contributed by atoms with Gasteiger partial charge in [0, 0.05) is 18.0 Å². The molecule has 0 saturated carbocycles. The first-order chi connectivity index (χ1) is 9.79. The van der Waals surface area contributed by atoms with Crippen LogP contribution in [0.1, 0.15) is 12.8 Å². The van der Waals surface area contributed by atoms with Crippen molar-refractivity contribution in [3.8, 4) is 0 Å². The third-order valence-electron chi connectivity index (χ3n) is 2.90. The molecule has 7 heteroatoms. The summed E-state index contributed by atoms with van der Waals surface area (Å²) in [5, 5.41) is 11.9. The normalized spacial score (nSPS) is 18.4. The highest BCUT2D eigenvalue weighted by Gasteiger charge is 2.16. The van der Waals surface area contributed by atoms with Crippen LogP contribution in [0.3, 0.4) is 0 Å². The van der Waals surface area contributed by atoms with E-state index in [4.69, 9.17) is 4.74 Å². The molecule has 1 aromatic carbocycles. The number of hydrogen-bond donors (Lipinski definition) is 1. The number of nitrogens with one attached hydrogen (secondary N) is 1. The molecule has 2 heterocycles. The van der Waals surface area contributed by atoms with Gasteiger partial charge in [0.2, 0.25) is 5.13 Å². The van der Waals surface area contributed by atoms with Crippen molar-refractivity contribution in [2.75, 3.05) is 17.7 Å². The van der Waals surface area contributed by atoms with Gasteiger partial charge in [-0.25, -0.2) is 4.39 Å². The number of nitrogens with zero attached hydrogens (tertiary/aromatic N) is 2. The number of rotatable bonds is 5. The summed E-state index contributed by atoms with van der Waals surface area (Å²) in [5.74, 6) is 0.640. The highest BCUT2D eigenvalue weighted by molar-refractivity contribution is 8.01. The van der Waals surface area contributed by atoms with E-state index < -0.39 is 0 Å². The van der Waals surface area contributed by atoms with Gasteiger partial charge in [-0.05, 0) is 31.0 Å². The SMILES string of the molecule is Fc1cccc(Nc2nnc(SCC3CCCO3)s2)c1. The first kappa shape index (κ1) is 13.8. The molecule has 0 amide bonds. The first-order valence-corrected chi connectivity index (χ1v) is 8.20. The Kier molecular flexibility index (Phi) is 4.49. The summed E-state index contributed by atoms with van der Waals surface area (Å²) in [7, 11) is 0. The van der Waals surface area contributed by atoms with Crippen molar-refractivity contribution in [1.29, 1.82) is 0 Å². The molecule has 2 aromatic rings. The predicted molar refractivity (Wildman–Crippen MR) is 79.3 cm³/mol. The summed E-state index contributed by atoms with van der Waals surface area (Å²) in [6, 6.07) is 6.30. The second-order valence-electron chi connectivity index (χ2n) is 4.45. The Morgan fingerprint density at radius 1 is 1.45 bits per heavy atom. The zero-order valence-electron chi connectivity index (χ0n) is 10.7. The van der Waals surface area contributed by atoms with Gasteiger partial charge in [-0.2, -0.15) is 0 Å². The Bertz CT molecular complexity index is 572. The van der Waals surface area contributed by atoms with Gasteiger partial charge in [0.15, 0.2) is 4.34 Å². The molecule has 0 radical (unpaired) electrons. The molecule has 4 nitrogen and oxygen atoms in total. The fraction of sp³-hybridized carbons (Fsp3) is 0.385. The molecule has 1 aliphatic rings. The Balaban J connectivity index is 1.56. The lowest BCUT2D eigenvalue weighted by Crippen LogP contribution is -2.07. The first-order valence-electron chi connectivity index (χ1n) is 6.40. The lowest BCUT2D eigenvalue weighted by molar-refractivity contribution is 0.129. The summed E-state index contributed by atoms with van der Waals surface area (Å²) in [6.07, 6.45) is 2.61. The molecule has 0 bridgehead atoms. The highest BCUT2D eigenvalue weighted by Crippen LogP contribution is 2.29. The third-order valence-corrected chi connectivity index (χ3v) is 5.00. The van der Waals surface area contributed by atoms with Crippen LogP contribution in [0.25, 0.3) is 0 Å². The monoisotopic (exact) mass is 311 g/mol. The molecule has 1 saturated heterocycles. The standard InChI is InChI=1S/C13H14FN3OS2/c14-9-3-1-4-10(7-9)15-12-16-17-13(20-12)19-8-11-5-2-6-18-11/h1,3-4,7,11H,2,5-6,8H2,(H,15,16). The quantitative estimate of drug-likeness (QED) is 0.853. The average Bonchev–Trinajstić information content (AvgIpc) is 3.07. The van der Waals surface area contributed by atoms with E-state index >= 15 is 0 Å².